The normalized spacial score (nSPS) is 16.9. The Balaban J connectivity index is 3.52. The molecular weight excluding hydrogens is 169 g/mol. The minimum atomic E-state index is -2.27. The Kier molecular flexibility index (Phi) is 6.12. The molecule has 0 heterocycles. The number of rotatable bonds is 5. The molecule has 0 aromatic carbocycles. The molecular formula is C5H12NO4P. The van der Waals surface area contributed by atoms with Crippen LogP contribution in [0.25, 0.3) is 0 Å². The molecule has 0 bridgehead atoms. The van der Waals surface area contributed by atoms with E-state index in [2.05, 4.69) is 9.68 Å². The van der Waals surface area contributed by atoms with E-state index in [4.69, 9.17) is 10.3 Å². The van der Waals surface area contributed by atoms with Gasteiger partial charge >= 0.3 is 0 Å². The van der Waals surface area contributed by atoms with Crippen molar-refractivity contribution in [3.05, 3.63) is 0 Å². The first-order valence-corrected chi connectivity index (χ1v) is 4.76. The largest absolute Gasteiger partial charge is 0.411 e. The summed E-state index contributed by atoms with van der Waals surface area (Å²) in [7, 11) is -2.27. The van der Waals surface area contributed by atoms with E-state index in [9.17, 15) is 4.57 Å². The maximum atomic E-state index is 10.8. The molecule has 66 valence electrons. The Labute approximate surface area is 65.5 Å². The Hall–Kier alpha value is -0.380. The zero-order valence-corrected chi connectivity index (χ0v) is 7.23. The van der Waals surface area contributed by atoms with Crippen molar-refractivity contribution in [1.82, 2.24) is 0 Å². The van der Waals surface area contributed by atoms with E-state index >= 15 is 0 Å². The molecule has 0 rings (SSSR count). The molecule has 0 aromatic heterocycles. The lowest BCUT2D eigenvalue weighted by Gasteiger charge is -2.06. The van der Waals surface area contributed by atoms with Crippen LogP contribution < -0.4 is 0 Å². The number of aliphatic hydroxyl groups excluding tert-OH is 1. The summed E-state index contributed by atoms with van der Waals surface area (Å²) < 4.78 is 15.4. The molecule has 0 aliphatic rings. The SMILES string of the molecule is CCC(O)O[PH](=O)CC=NO. The molecule has 0 fully saturated rings. The number of nitrogens with zero attached hydrogens (tertiary/aromatic N) is 1. The van der Waals surface area contributed by atoms with Crippen molar-refractivity contribution in [3.63, 3.8) is 0 Å². The van der Waals surface area contributed by atoms with E-state index in [0.717, 1.165) is 6.21 Å². The average Bonchev–Trinajstić information content (AvgIpc) is 2.00. The molecule has 2 unspecified atom stereocenters. The molecule has 2 N–H and O–H groups in total. The standard InChI is InChI=1S/C5H12NO4P/c1-2-5(7)10-11(9)4-3-6-8/h3,5,7-8,11H,2,4H2,1H3. The summed E-state index contributed by atoms with van der Waals surface area (Å²) in [5, 5.41) is 19.4. The van der Waals surface area contributed by atoms with Gasteiger partial charge in [-0.2, -0.15) is 0 Å². The number of aliphatic hydroxyl groups is 1. The van der Waals surface area contributed by atoms with E-state index in [0.29, 0.717) is 6.42 Å². The Morgan fingerprint density at radius 1 is 1.82 bits per heavy atom. The first kappa shape index (κ1) is 10.6. The molecule has 0 spiro atoms. The van der Waals surface area contributed by atoms with E-state index in [1.54, 1.807) is 6.92 Å². The molecule has 11 heavy (non-hydrogen) atoms. The van der Waals surface area contributed by atoms with Crippen molar-refractivity contribution < 1.29 is 19.4 Å². The van der Waals surface area contributed by atoms with Gasteiger partial charge in [0.2, 0.25) is 0 Å². The Morgan fingerprint density at radius 3 is 2.91 bits per heavy atom. The smallest absolute Gasteiger partial charge is 0.199 e. The molecule has 2 atom stereocenters. The molecule has 0 radical (unpaired) electrons. The van der Waals surface area contributed by atoms with Gasteiger partial charge in [-0.25, -0.2) is 0 Å². The first-order chi connectivity index (χ1) is 5.20. The second-order valence-corrected chi connectivity index (χ2v) is 3.24. The summed E-state index contributed by atoms with van der Waals surface area (Å²) in [6.07, 6.45) is 0.544. The average molecular weight is 181 g/mol. The van der Waals surface area contributed by atoms with Gasteiger partial charge in [0.1, 0.15) is 0 Å². The highest BCUT2D eigenvalue weighted by Gasteiger charge is 2.04. The van der Waals surface area contributed by atoms with Crippen LogP contribution in [0.15, 0.2) is 5.16 Å². The van der Waals surface area contributed by atoms with Crippen molar-refractivity contribution in [2.45, 2.75) is 19.6 Å². The fourth-order valence-electron chi connectivity index (χ4n) is 0.399. The second kappa shape index (κ2) is 6.34. The van der Waals surface area contributed by atoms with Crippen LogP contribution in [0.2, 0.25) is 0 Å². The first-order valence-electron chi connectivity index (χ1n) is 3.24. The number of hydrogen-bond donors (Lipinski definition) is 2. The zero-order valence-electron chi connectivity index (χ0n) is 6.23. The summed E-state index contributed by atoms with van der Waals surface area (Å²) in [5.74, 6) is 0. The summed E-state index contributed by atoms with van der Waals surface area (Å²) in [4.78, 5) is 0. The quantitative estimate of drug-likeness (QED) is 0.215. The topological polar surface area (TPSA) is 79.1 Å². The van der Waals surface area contributed by atoms with Crippen LogP contribution in [-0.2, 0) is 9.09 Å². The van der Waals surface area contributed by atoms with E-state index < -0.39 is 14.3 Å². The molecule has 6 heteroatoms. The summed E-state index contributed by atoms with van der Waals surface area (Å²) in [6.45, 7) is 1.71. The third kappa shape index (κ3) is 6.04. The third-order valence-electron chi connectivity index (χ3n) is 0.956. The molecule has 0 aliphatic heterocycles. The lowest BCUT2D eigenvalue weighted by atomic mass is 10.5. The van der Waals surface area contributed by atoms with Crippen molar-refractivity contribution >= 4 is 14.2 Å². The van der Waals surface area contributed by atoms with Crippen LogP contribution >= 0.6 is 8.03 Å². The van der Waals surface area contributed by atoms with Gasteiger partial charge in [0.05, 0.1) is 12.4 Å². The third-order valence-corrected chi connectivity index (χ3v) is 2.01. The fourth-order valence-corrected chi connectivity index (χ4v) is 1.20. The lowest BCUT2D eigenvalue weighted by Crippen LogP contribution is -2.05. The van der Waals surface area contributed by atoms with Crippen molar-refractivity contribution in [2.75, 3.05) is 6.16 Å². The molecule has 0 saturated carbocycles. The van der Waals surface area contributed by atoms with Crippen molar-refractivity contribution in [1.29, 1.82) is 0 Å². The van der Waals surface area contributed by atoms with E-state index in [1.807, 2.05) is 0 Å². The van der Waals surface area contributed by atoms with Crippen molar-refractivity contribution in [3.8, 4) is 0 Å². The van der Waals surface area contributed by atoms with Crippen LogP contribution in [0.4, 0.5) is 0 Å². The number of oxime groups is 1. The molecule has 0 aromatic rings. The zero-order chi connectivity index (χ0) is 8.69. The van der Waals surface area contributed by atoms with Crippen LogP contribution in [0, 0.1) is 0 Å². The van der Waals surface area contributed by atoms with Gasteiger partial charge in [0, 0.05) is 0 Å². The maximum absolute atomic E-state index is 10.8. The van der Waals surface area contributed by atoms with Gasteiger partial charge in [-0.1, -0.05) is 6.92 Å². The van der Waals surface area contributed by atoms with E-state index in [-0.39, 0.29) is 6.16 Å². The maximum Gasteiger partial charge on any atom is 0.199 e. The highest BCUT2D eigenvalue weighted by atomic mass is 31.1. The van der Waals surface area contributed by atoms with Crippen molar-refractivity contribution in [2.24, 2.45) is 5.16 Å². The van der Waals surface area contributed by atoms with Gasteiger partial charge in [-0.05, 0) is 6.42 Å². The monoisotopic (exact) mass is 181 g/mol. The molecule has 0 amide bonds. The van der Waals surface area contributed by atoms with E-state index in [1.165, 1.54) is 0 Å². The van der Waals surface area contributed by atoms with Gasteiger partial charge < -0.3 is 14.8 Å². The molecule has 5 nitrogen and oxygen atoms in total. The number of hydrogen-bond acceptors (Lipinski definition) is 5. The second-order valence-electron chi connectivity index (χ2n) is 1.85. The van der Waals surface area contributed by atoms with Crippen LogP contribution in [0.1, 0.15) is 13.3 Å². The fraction of sp³-hybridized carbons (Fsp3) is 0.800. The minimum absolute atomic E-state index is 0.0538. The summed E-state index contributed by atoms with van der Waals surface area (Å²) in [6, 6.07) is 0. The van der Waals surface area contributed by atoms with Crippen LogP contribution in [-0.4, -0.2) is 29.0 Å². The van der Waals surface area contributed by atoms with Crippen LogP contribution in [0.3, 0.4) is 0 Å². The highest BCUT2D eigenvalue weighted by Crippen LogP contribution is 2.22. The lowest BCUT2D eigenvalue weighted by molar-refractivity contribution is -0.0124. The van der Waals surface area contributed by atoms with Crippen LogP contribution in [0.5, 0.6) is 0 Å². The molecule has 0 aliphatic carbocycles. The summed E-state index contributed by atoms with van der Waals surface area (Å²) >= 11 is 0. The minimum Gasteiger partial charge on any atom is -0.411 e. The Bertz CT molecular complexity index is 149. The van der Waals surface area contributed by atoms with Gasteiger partial charge in [-0.15, -0.1) is 5.16 Å². The van der Waals surface area contributed by atoms with Gasteiger partial charge in [0.25, 0.3) is 0 Å². The predicted octanol–water partition coefficient (Wildman–Crippen LogP) is 0.666. The van der Waals surface area contributed by atoms with Gasteiger partial charge in [0.15, 0.2) is 14.3 Å². The highest BCUT2D eigenvalue weighted by molar-refractivity contribution is 7.40. The Morgan fingerprint density at radius 2 is 2.45 bits per heavy atom. The van der Waals surface area contributed by atoms with Gasteiger partial charge in [-0.3, -0.25) is 4.57 Å². The predicted molar refractivity (Wildman–Crippen MR) is 41.5 cm³/mol. The molecule has 0 saturated heterocycles. The summed E-state index contributed by atoms with van der Waals surface area (Å²) in [5.41, 5.74) is 0.